The van der Waals surface area contributed by atoms with Crippen LogP contribution < -0.4 is 0 Å². The number of thioether (sulfide) groups is 2. The highest BCUT2D eigenvalue weighted by Gasteiger charge is 2.35. The topological polar surface area (TPSA) is 73.8 Å². The molecule has 0 atom stereocenters. The SMILES string of the molecule is CSC1=NN2C(=N)/C(=C/c3cc(C)n(-c4ccc(Cl)cc4C)c3C)C(=O)N=C2S1. The number of halogens is 1. The Morgan fingerprint density at radius 3 is 2.69 bits per heavy atom. The highest BCUT2D eigenvalue weighted by Crippen LogP contribution is 2.32. The third-order valence-electron chi connectivity index (χ3n) is 4.78. The quantitative estimate of drug-likeness (QED) is 0.663. The number of rotatable bonds is 2. The van der Waals surface area contributed by atoms with Gasteiger partial charge in [0, 0.05) is 22.1 Å². The monoisotopic (exact) mass is 443 g/mol. The van der Waals surface area contributed by atoms with Crippen molar-refractivity contribution in [2.24, 2.45) is 10.1 Å². The number of amides is 1. The number of hydrazone groups is 1. The second kappa shape index (κ2) is 7.51. The van der Waals surface area contributed by atoms with Crippen molar-refractivity contribution >= 4 is 62.5 Å². The molecule has 0 radical (unpaired) electrons. The third-order valence-corrected chi connectivity index (χ3v) is 6.90. The van der Waals surface area contributed by atoms with Gasteiger partial charge in [0.05, 0.1) is 5.57 Å². The Kier molecular flexibility index (Phi) is 5.18. The maximum absolute atomic E-state index is 12.6. The van der Waals surface area contributed by atoms with Crippen molar-refractivity contribution in [3.8, 4) is 5.69 Å². The number of aromatic nitrogens is 1. The van der Waals surface area contributed by atoms with Crippen LogP contribution in [0.25, 0.3) is 11.8 Å². The Balaban J connectivity index is 1.77. The molecule has 0 bridgehead atoms. The Morgan fingerprint density at radius 1 is 1.24 bits per heavy atom. The minimum absolute atomic E-state index is 0.0454. The van der Waals surface area contributed by atoms with Crippen molar-refractivity contribution in [1.82, 2.24) is 9.58 Å². The number of hydrogen-bond donors (Lipinski definition) is 1. The molecule has 0 saturated carbocycles. The lowest BCUT2D eigenvalue weighted by atomic mass is 10.1. The van der Waals surface area contributed by atoms with E-state index in [1.54, 1.807) is 6.08 Å². The molecule has 1 aromatic heterocycles. The molecule has 0 saturated heterocycles. The predicted molar refractivity (Wildman–Crippen MR) is 124 cm³/mol. The molecule has 0 aliphatic carbocycles. The molecule has 1 aromatic carbocycles. The Morgan fingerprint density at radius 2 is 2.00 bits per heavy atom. The van der Waals surface area contributed by atoms with Gasteiger partial charge in [-0.15, -0.1) is 16.9 Å². The Bertz CT molecular complexity index is 1160. The second-order valence-corrected chi connectivity index (χ2v) is 9.13. The first kappa shape index (κ1) is 20.0. The van der Waals surface area contributed by atoms with Crippen LogP contribution in [0.3, 0.4) is 0 Å². The van der Waals surface area contributed by atoms with Gasteiger partial charge >= 0.3 is 0 Å². The van der Waals surface area contributed by atoms with E-state index in [2.05, 4.69) is 14.7 Å². The Hall–Kier alpha value is -2.29. The van der Waals surface area contributed by atoms with Gasteiger partial charge in [0.2, 0.25) is 5.17 Å². The summed E-state index contributed by atoms with van der Waals surface area (Å²) in [6.45, 7) is 6.02. The highest BCUT2D eigenvalue weighted by atomic mass is 35.5. The van der Waals surface area contributed by atoms with E-state index in [0.29, 0.717) is 10.2 Å². The maximum Gasteiger partial charge on any atom is 0.283 e. The zero-order chi connectivity index (χ0) is 20.9. The summed E-state index contributed by atoms with van der Waals surface area (Å²) in [4.78, 5) is 16.7. The van der Waals surface area contributed by atoms with Gasteiger partial charge in [0.25, 0.3) is 5.91 Å². The average molecular weight is 444 g/mol. The van der Waals surface area contributed by atoms with Crippen LogP contribution in [0, 0.1) is 26.2 Å². The van der Waals surface area contributed by atoms with Crippen LogP contribution in [0.5, 0.6) is 0 Å². The standard InChI is InChI=1S/C20H18ClN5OS2/c1-10-7-14(21)5-6-16(10)25-11(2)8-13(12(25)3)9-15-17(22)26-19(23-18(15)27)29-20(24-26)28-4/h5-9,22H,1-4H3/b15-9-,22-17?. The van der Waals surface area contributed by atoms with Crippen LogP contribution in [0.2, 0.25) is 5.02 Å². The number of hydrogen-bond acceptors (Lipinski definition) is 5. The summed E-state index contributed by atoms with van der Waals surface area (Å²) in [7, 11) is 0. The number of aryl methyl sites for hydroxylation is 2. The van der Waals surface area contributed by atoms with E-state index in [4.69, 9.17) is 17.0 Å². The van der Waals surface area contributed by atoms with Crippen LogP contribution in [-0.4, -0.2) is 37.1 Å². The number of carbonyl (C=O) groups excluding carboxylic acids is 1. The Labute approximate surface area is 182 Å². The zero-order valence-corrected chi connectivity index (χ0v) is 18.7. The number of carbonyl (C=O) groups is 1. The molecule has 2 aromatic rings. The zero-order valence-electron chi connectivity index (χ0n) is 16.3. The van der Waals surface area contributed by atoms with E-state index in [0.717, 1.165) is 32.6 Å². The molecule has 9 heteroatoms. The third kappa shape index (κ3) is 3.45. The summed E-state index contributed by atoms with van der Waals surface area (Å²) < 4.78 is 2.89. The van der Waals surface area contributed by atoms with Crippen LogP contribution in [0.1, 0.15) is 22.5 Å². The fourth-order valence-electron chi connectivity index (χ4n) is 3.39. The van der Waals surface area contributed by atoms with E-state index in [1.807, 2.05) is 51.3 Å². The molecule has 2 aliphatic heterocycles. The molecule has 3 heterocycles. The van der Waals surface area contributed by atoms with Gasteiger partial charge in [-0.1, -0.05) is 11.6 Å². The lowest BCUT2D eigenvalue weighted by Crippen LogP contribution is -2.35. The number of nitrogens with one attached hydrogen (secondary N) is 1. The van der Waals surface area contributed by atoms with Crippen molar-refractivity contribution in [2.45, 2.75) is 20.8 Å². The normalized spacial score (nSPS) is 17.7. The van der Waals surface area contributed by atoms with Crippen molar-refractivity contribution in [3.05, 3.63) is 57.4 Å². The highest BCUT2D eigenvalue weighted by molar-refractivity contribution is 8.45. The van der Waals surface area contributed by atoms with Gasteiger partial charge in [-0.25, -0.2) is 0 Å². The van der Waals surface area contributed by atoms with E-state index in [1.165, 1.54) is 28.5 Å². The van der Waals surface area contributed by atoms with Crippen LogP contribution in [0.15, 0.2) is 39.9 Å². The van der Waals surface area contributed by atoms with Crippen molar-refractivity contribution < 1.29 is 4.79 Å². The van der Waals surface area contributed by atoms with Crippen molar-refractivity contribution in [3.63, 3.8) is 0 Å². The number of fused-ring (bicyclic) bond motifs is 1. The fourth-order valence-corrected chi connectivity index (χ4v) is 4.96. The molecule has 0 unspecified atom stereocenters. The van der Waals surface area contributed by atoms with Gasteiger partial charge in [0.1, 0.15) is 0 Å². The van der Waals surface area contributed by atoms with Crippen LogP contribution >= 0.6 is 35.1 Å². The first-order chi connectivity index (χ1) is 13.8. The van der Waals surface area contributed by atoms with Gasteiger partial charge in [-0.05, 0) is 80.3 Å². The van der Waals surface area contributed by atoms with Crippen LogP contribution in [0.4, 0.5) is 0 Å². The van der Waals surface area contributed by atoms with Crippen LogP contribution in [-0.2, 0) is 4.79 Å². The summed E-state index contributed by atoms with van der Waals surface area (Å²) in [5.74, 6) is -0.372. The summed E-state index contributed by atoms with van der Waals surface area (Å²) in [5.41, 5.74) is 5.18. The summed E-state index contributed by atoms with van der Waals surface area (Å²) in [6.07, 6.45) is 3.63. The first-order valence-electron chi connectivity index (χ1n) is 8.80. The van der Waals surface area contributed by atoms with Gasteiger partial charge in [-0.3, -0.25) is 10.2 Å². The molecule has 2 aliphatic rings. The summed E-state index contributed by atoms with van der Waals surface area (Å²) in [6, 6.07) is 7.78. The van der Waals surface area contributed by atoms with Crippen molar-refractivity contribution in [2.75, 3.05) is 6.26 Å². The van der Waals surface area contributed by atoms with Crippen molar-refractivity contribution in [1.29, 1.82) is 5.41 Å². The molecule has 1 amide bonds. The molecule has 1 N–H and O–H groups in total. The maximum atomic E-state index is 12.6. The number of amidine groups is 2. The molecule has 0 fully saturated rings. The smallest absolute Gasteiger partial charge is 0.283 e. The summed E-state index contributed by atoms with van der Waals surface area (Å²) >= 11 is 8.87. The van der Waals surface area contributed by atoms with E-state index in [9.17, 15) is 4.79 Å². The lowest BCUT2D eigenvalue weighted by Gasteiger charge is -2.20. The fraction of sp³-hybridized carbons (Fsp3) is 0.200. The van der Waals surface area contributed by atoms with E-state index >= 15 is 0 Å². The molecule has 29 heavy (non-hydrogen) atoms. The molecule has 4 rings (SSSR count). The minimum atomic E-state index is -0.418. The number of aliphatic imine (C=N–C) groups is 1. The van der Waals surface area contributed by atoms with Gasteiger partial charge in [-0.2, -0.15) is 10.0 Å². The van der Waals surface area contributed by atoms with Gasteiger partial charge < -0.3 is 4.57 Å². The number of benzene rings is 1. The van der Waals surface area contributed by atoms with E-state index in [-0.39, 0.29) is 11.4 Å². The predicted octanol–water partition coefficient (Wildman–Crippen LogP) is 5.00. The lowest BCUT2D eigenvalue weighted by molar-refractivity contribution is -0.114. The largest absolute Gasteiger partial charge is 0.318 e. The summed E-state index contributed by atoms with van der Waals surface area (Å²) in [5, 5.41) is 15.4. The molecule has 6 nitrogen and oxygen atoms in total. The molecular weight excluding hydrogens is 426 g/mol. The molecule has 148 valence electrons. The molecule has 0 spiro atoms. The van der Waals surface area contributed by atoms with E-state index < -0.39 is 5.91 Å². The average Bonchev–Trinajstić information content (AvgIpc) is 3.20. The second-order valence-electron chi connectivity index (χ2n) is 6.68. The number of nitrogens with zero attached hydrogens (tertiary/aromatic N) is 4. The molecular formula is C20H18ClN5OS2. The van der Waals surface area contributed by atoms with Gasteiger partial charge in [0.15, 0.2) is 10.2 Å². The first-order valence-corrected chi connectivity index (χ1v) is 11.2. The minimum Gasteiger partial charge on any atom is -0.318 e.